The summed E-state index contributed by atoms with van der Waals surface area (Å²) >= 11 is 0. The summed E-state index contributed by atoms with van der Waals surface area (Å²) in [7, 11) is 0. The van der Waals surface area contributed by atoms with Crippen molar-refractivity contribution in [2.45, 2.75) is 19.0 Å². The van der Waals surface area contributed by atoms with Crippen molar-refractivity contribution >= 4 is 11.7 Å². The van der Waals surface area contributed by atoms with E-state index >= 15 is 0 Å². The summed E-state index contributed by atoms with van der Waals surface area (Å²) in [5.74, 6) is 0.00910. The molecule has 0 unspecified atom stereocenters. The van der Waals surface area contributed by atoms with Crippen LogP contribution < -0.4 is 0 Å². The lowest BCUT2D eigenvalue weighted by Crippen LogP contribution is -2.27. The first kappa shape index (κ1) is 12.3. The van der Waals surface area contributed by atoms with Crippen LogP contribution in [0.2, 0.25) is 0 Å². The Kier molecular flexibility index (Phi) is 2.67. The Labute approximate surface area is 123 Å². The molecule has 4 rings (SSSR count). The van der Waals surface area contributed by atoms with E-state index in [0.29, 0.717) is 13.0 Å². The zero-order valence-electron chi connectivity index (χ0n) is 11.5. The molecule has 1 fully saturated rings. The summed E-state index contributed by atoms with van der Waals surface area (Å²) in [4.78, 5) is 26.6. The Morgan fingerprint density at radius 1 is 0.952 bits per heavy atom. The van der Waals surface area contributed by atoms with Gasteiger partial charge in [-0.1, -0.05) is 54.6 Å². The van der Waals surface area contributed by atoms with Gasteiger partial charge in [0.25, 0.3) is 0 Å². The predicted octanol–water partition coefficient (Wildman–Crippen LogP) is 2.97. The van der Waals surface area contributed by atoms with E-state index < -0.39 is 0 Å². The third kappa shape index (κ3) is 1.81. The van der Waals surface area contributed by atoms with E-state index in [1.54, 1.807) is 0 Å². The van der Waals surface area contributed by atoms with Crippen molar-refractivity contribution in [3.05, 3.63) is 71.3 Å². The normalized spacial score (nSPS) is 23.3. The van der Waals surface area contributed by atoms with Crippen molar-refractivity contribution < 1.29 is 9.59 Å². The van der Waals surface area contributed by atoms with Crippen molar-refractivity contribution in [1.29, 1.82) is 0 Å². The van der Waals surface area contributed by atoms with Gasteiger partial charge in [-0.15, -0.1) is 0 Å². The molecule has 0 saturated carbocycles. The maximum Gasteiger partial charge on any atom is 0.224 e. The number of carbonyl (C=O) groups is 2. The number of likely N-dealkylation sites (tertiary alicyclic amines) is 1. The SMILES string of the molecule is O=C1c2ccccc2[C@@H]2[C@@H]1CC(=O)N2Cc1ccccc1. The first-order valence-electron chi connectivity index (χ1n) is 7.22. The van der Waals surface area contributed by atoms with Crippen LogP contribution in [0.5, 0.6) is 0 Å². The average Bonchev–Trinajstić information content (AvgIpc) is 2.98. The Hall–Kier alpha value is -2.42. The minimum Gasteiger partial charge on any atom is -0.331 e. The molecule has 3 heteroatoms. The number of carbonyl (C=O) groups excluding carboxylic acids is 2. The summed E-state index contributed by atoms with van der Waals surface area (Å²) in [5.41, 5.74) is 2.90. The van der Waals surface area contributed by atoms with Crippen LogP contribution in [0.3, 0.4) is 0 Å². The number of Topliss-reactive ketones (excluding diaryl/α,β-unsaturated/α-hetero) is 1. The fraction of sp³-hybridized carbons (Fsp3) is 0.222. The molecule has 0 N–H and O–H groups in total. The van der Waals surface area contributed by atoms with Gasteiger partial charge in [0.05, 0.1) is 12.0 Å². The molecule has 3 nitrogen and oxygen atoms in total. The highest BCUT2D eigenvalue weighted by Crippen LogP contribution is 2.47. The number of nitrogens with zero attached hydrogens (tertiary/aromatic N) is 1. The first-order valence-corrected chi connectivity index (χ1v) is 7.22. The smallest absolute Gasteiger partial charge is 0.224 e. The maximum atomic E-state index is 12.4. The van der Waals surface area contributed by atoms with E-state index in [1.165, 1.54) is 0 Å². The molecule has 2 aliphatic rings. The molecule has 0 aromatic heterocycles. The Morgan fingerprint density at radius 3 is 2.48 bits per heavy atom. The van der Waals surface area contributed by atoms with Gasteiger partial charge in [-0.2, -0.15) is 0 Å². The van der Waals surface area contributed by atoms with E-state index in [9.17, 15) is 9.59 Å². The summed E-state index contributed by atoms with van der Waals surface area (Å²) in [5, 5.41) is 0. The van der Waals surface area contributed by atoms with Crippen LogP contribution >= 0.6 is 0 Å². The highest BCUT2D eigenvalue weighted by Gasteiger charge is 2.50. The summed E-state index contributed by atoms with van der Waals surface area (Å²) < 4.78 is 0. The van der Waals surface area contributed by atoms with Gasteiger partial charge in [0.1, 0.15) is 0 Å². The minimum atomic E-state index is -0.196. The molecule has 2 aromatic rings. The van der Waals surface area contributed by atoms with Crippen molar-refractivity contribution in [3.8, 4) is 0 Å². The van der Waals surface area contributed by atoms with E-state index in [1.807, 2.05) is 59.5 Å². The Balaban J connectivity index is 1.73. The molecule has 21 heavy (non-hydrogen) atoms. The molecule has 1 heterocycles. The fourth-order valence-corrected chi connectivity index (χ4v) is 3.56. The lowest BCUT2D eigenvalue weighted by molar-refractivity contribution is -0.129. The quantitative estimate of drug-likeness (QED) is 0.846. The number of fused-ring (bicyclic) bond motifs is 3. The molecule has 2 atom stereocenters. The third-order valence-electron chi connectivity index (χ3n) is 4.51. The standard InChI is InChI=1S/C18H15NO2/c20-16-10-15-17(13-8-4-5-9-14(13)18(15)21)19(16)11-12-6-2-1-3-7-12/h1-9,15,17H,10-11H2/t15-,17+/m0/s1. The van der Waals surface area contributed by atoms with Crippen LogP contribution in [-0.2, 0) is 11.3 Å². The van der Waals surface area contributed by atoms with Crippen LogP contribution in [0.4, 0.5) is 0 Å². The molecule has 1 amide bonds. The lowest BCUT2D eigenvalue weighted by atomic mass is 10.0. The van der Waals surface area contributed by atoms with Gasteiger partial charge < -0.3 is 4.90 Å². The molecule has 0 radical (unpaired) electrons. The van der Waals surface area contributed by atoms with Crippen LogP contribution in [0.1, 0.15) is 33.9 Å². The Bertz CT molecular complexity index is 723. The van der Waals surface area contributed by atoms with Gasteiger partial charge in [-0.3, -0.25) is 9.59 Å². The molecule has 0 spiro atoms. The fourth-order valence-electron chi connectivity index (χ4n) is 3.56. The van der Waals surface area contributed by atoms with E-state index in [2.05, 4.69) is 0 Å². The van der Waals surface area contributed by atoms with Gasteiger partial charge in [0, 0.05) is 18.5 Å². The number of ketones is 1. The third-order valence-corrected chi connectivity index (χ3v) is 4.51. The van der Waals surface area contributed by atoms with Crippen LogP contribution in [0, 0.1) is 5.92 Å². The van der Waals surface area contributed by atoms with E-state index in [-0.39, 0.29) is 23.7 Å². The number of amides is 1. The zero-order chi connectivity index (χ0) is 14.4. The molecule has 2 aromatic carbocycles. The van der Waals surface area contributed by atoms with Crippen LogP contribution in [-0.4, -0.2) is 16.6 Å². The predicted molar refractivity (Wildman–Crippen MR) is 78.6 cm³/mol. The van der Waals surface area contributed by atoms with Crippen LogP contribution in [0.25, 0.3) is 0 Å². The van der Waals surface area contributed by atoms with E-state index in [0.717, 1.165) is 16.7 Å². The minimum absolute atomic E-state index is 0.0803. The molecule has 104 valence electrons. The average molecular weight is 277 g/mol. The van der Waals surface area contributed by atoms with E-state index in [4.69, 9.17) is 0 Å². The van der Waals surface area contributed by atoms with Crippen molar-refractivity contribution in [3.63, 3.8) is 0 Å². The van der Waals surface area contributed by atoms with Crippen molar-refractivity contribution in [2.24, 2.45) is 5.92 Å². The second-order valence-electron chi connectivity index (χ2n) is 5.71. The maximum absolute atomic E-state index is 12.4. The van der Waals surface area contributed by atoms with Gasteiger partial charge >= 0.3 is 0 Å². The summed E-state index contributed by atoms with van der Waals surface area (Å²) in [6.45, 7) is 0.572. The molecule has 0 bridgehead atoms. The zero-order valence-corrected chi connectivity index (χ0v) is 11.5. The second-order valence-corrected chi connectivity index (χ2v) is 5.71. The highest BCUT2D eigenvalue weighted by molar-refractivity contribution is 6.06. The lowest BCUT2D eigenvalue weighted by Gasteiger charge is -2.24. The van der Waals surface area contributed by atoms with Gasteiger partial charge in [-0.25, -0.2) is 0 Å². The van der Waals surface area contributed by atoms with Crippen molar-refractivity contribution in [2.75, 3.05) is 0 Å². The molecule has 1 saturated heterocycles. The largest absolute Gasteiger partial charge is 0.331 e. The van der Waals surface area contributed by atoms with Gasteiger partial charge in [0.2, 0.25) is 5.91 Å². The number of hydrogen-bond donors (Lipinski definition) is 0. The molecular formula is C18H15NO2. The number of rotatable bonds is 2. The molecular weight excluding hydrogens is 262 g/mol. The molecule has 1 aliphatic heterocycles. The summed E-state index contributed by atoms with van der Waals surface area (Å²) in [6, 6.07) is 17.6. The van der Waals surface area contributed by atoms with Gasteiger partial charge in [0.15, 0.2) is 5.78 Å². The monoisotopic (exact) mass is 277 g/mol. The number of hydrogen-bond acceptors (Lipinski definition) is 2. The topological polar surface area (TPSA) is 37.4 Å². The Morgan fingerprint density at radius 2 is 1.67 bits per heavy atom. The van der Waals surface area contributed by atoms with Gasteiger partial charge in [-0.05, 0) is 11.1 Å². The first-order chi connectivity index (χ1) is 10.3. The molecule has 1 aliphatic carbocycles. The van der Waals surface area contributed by atoms with Crippen molar-refractivity contribution in [1.82, 2.24) is 4.90 Å². The number of benzene rings is 2. The van der Waals surface area contributed by atoms with Crippen LogP contribution in [0.15, 0.2) is 54.6 Å². The summed E-state index contributed by atoms with van der Waals surface area (Å²) in [6.07, 6.45) is 0.338. The highest BCUT2D eigenvalue weighted by atomic mass is 16.2. The second kappa shape index (κ2) is 4.55.